The van der Waals surface area contributed by atoms with E-state index in [1.54, 1.807) is 12.3 Å². The highest BCUT2D eigenvalue weighted by molar-refractivity contribution is 7.09. The number of halogens is 1. The van der Waals surface area contributed by atoms with Crippen molar-refractivity contribution >= 4 is 23.2 Å². The second kappa shape index (κ2) is 5.20. The van der Waals surface area contributed by atoms with E-state index in [9.17, 15) is 14.0 Å². The Labute approximate surface area is 129 Å². The number of aliphatic carboxylic acids is 1. The van der Waals surface area contributed by atoms with Crippen LogP contribution < -0.4 is 0 Å². The molecule has 3 heterocycles. The zero-order valence-corrected chi connectivity index (χ0v) is 12.6. The molecule has 1 fully saturated rings. The van der Waals surface area contributed by atoms with Gasteiger partial charge in [0.1, 0.15) is 5.69 Å². The number of likely N-dealkylation sites (tertiary alicyclic amines) is 1. The molecular formula is C14H14FN3O3S. The van der Waals surface area contributed by atoms with E-state index in [1.807, 2.05) is 12.3 Å². The minimum atomic E-state index is -2.35. The summed E-state index contributed by atoms with van der Waals surface area (Å²) in [6.45, 7) is 1.56. The van der Waals surface area contributed by atoms with Crippen molar-refractivity contribution in [3.8, 4) is 11.3 Å². The molecule has 116 valence electrons. The Bertz CT molecular complexity index is 741. The first kappa shape index (κ1) is 14.7. The average molecular weight is 323 g/mol. The monoisotopic (exact) mass is 323 g/mol. The Balaban J connectivity index is 1.77. The third kappa shape index (κ3) is 2.50. The van der Waals surface area contributed by atoms with Gasteiger partial charge in [-0.3, -0.25) is 4.79 Å². The van der Waals surface area contributed by atoms with Gasteiger partial charge in [0.2, 0.25) is 5.67 Å². The molecule has 1 aliphatic rings. The summed E-state index contributed by atoms with van der Waals surface area (Å²) in [5.74, 6) is -1.92. The van der Waals surface area contributed by atoms with Crippen molar-refractivity contribution in [2.75, 3.05) is 13.1 Å². The Hall–Kier alpha value is -2.22. The van der Waals surface area contributed by atoms with Crippen molar-refractivity contribution in [1.82, 2.24) is 14.9 Å². The largest absolute Gasteiger partial charge is 0.479 e. The summed E-state index contributed by atoms with van der Waals surface area (Å²) >= 11 is 1.51. The topological polar surface area (TPSA) is 86.3 Å². The maximum absolute atomic E-state index is 14.0. The van der Waals surface area contributed by atoms with Crippen molar-refractivity contribution in [2.24, 2.45) is 0 Å². The number of carbonyl (C=O) groups is 2. The normalized spacial score (nSPS) is 21.3. The molecule has 8 heteroatoms. The van der Waals surface area contributed by atoms with E-state index in [0.717, 1.165) is 16.3 Å². The van der Waals surface area contributed by atoms with Crippen molar-refractivity contribution in [1.29, 1.82) is 0 Å². The molecule has 0 bridgehead atoms. The molecule has 0 saturated carbocycles. The Morgan fingerprint density at radius 3 is 2.91 bits per heavy atom. The summed E-state index contributed by atoms with van der Waals surface area (Å²) in [6, 6.07) is 1.65. The number of aromatic amines is 1. The van der Waals surface area contributed by atoms with Crippen LogP contribution in [0.4, 0.5) is 4.39 Å². The zero-order chi connectivity index (χ0) is 15.9. The molecule has 0 aromatic carbocycles. The number of aryl methyl sites for hydroxylation is 1. The second-order valence-corrected chi connectivity index (χ2v) is 6.36. The number of hydrogen-bond donors (Lipinski definition) is 2. The predicted molar refractivity (Wildman–Crippen MR) is 78.6 cm³/mol. The minimum absolute atomic E-state index is 0.0891. The van der Waals surface area contributed by atoms with Gasteiger partial charge in [0, 0.05) is 30.1 Å². The lowest BCUT2D eigenvalue weighted by molar-refractivity contribution is -0.149. The third-order valence-electron chi connectivity index (χ3n) is 3.72. The summed E-state index contributed by atoms with van der Waals surface area (Å²) in [5.41, 5.74) is -0.506. The van der Waals surface area contributed by atoms with Crippen LogP contribution in [0.1, 0.15) is 21.9 Å². The Morgan fingerprint density at radius 1 is 1.55 bits per heavy atom. The quantitative estimate of drug-likeness (QED) is 0.905. The van der Waals surface area contributed by atoms with Gasteiger partial charge in [0.25, 0.3) is 5.91 Å². The van der Waals surface area contributed by atoms with Crippen molar-refractivity contribution in [2.45, 2.75) is 19.0 Å². The van der Waals surface area contributed by atoms with Crippen molar-refractivity contribution in [3.63, 3.8) is 0 Å². The maximum atomic E-state index is 14.0. The van der Waals surface area contributed by atoms with Gasteiger partial charge < -0.3 is 15.0 Å². The number of H-pyrrole nitrogens is 1. The van der Waals surface area contributed by atoms with Crippen molar-refractivity contribution < 1.29 is 19.1 Å². The standard InChI is InChI=1S/C14H14FN3O3S/c1-8-17-11(6-22-8)9-4-10(16-5-9)12(19)18-3-2-14(15,7-18)13(20)21/h4-6,16H,2-3,7H2,1H3,(H,20,21). The van der Waals surface area contributed by atoms with E-state index < -0.39 is 24.1 Å². The number of amides is 1. The minimum Gasteiger partial charge on any atom is -0.479 e. The fraction of sp³-hybridized carbons (Fsp3) is 0.357. The highest BCUT2D eigenvalue weighted by atomic mass is 32.1. The highest BCUT2D eigenvalue weighted by Gasteiger charge is 2.47. The zero-order valence-electron chi connectivity index (χ0n) is 11.8. The molecule has 0 aliphatic carbocycles. The third-order valence-corrected chi connectivity index (χ3v) is 4.49. The van der Waals surface area contributed by atoms with Crippen molar-refractivity contribution in [3.05, 3.63) is 28.3 Å². The second-order valence-electron chi connectivity index (χ2n) is 5.30. The molecule has 2 N–H and O–H groups in total. The lowest BCUT2D eigenvalue weighted by Gasteiger charge is -2.16. The molecule has 1 amide bonds. The van der Waals surface area contributed by atoms with Crippen LogP contribution >= 0.6 is 11.3 Å². The molecule has 6 nitrogen and oxygen atoms in total. The van der Waals surface area contributed by atoms with E-state index in [1.165, 1.54) is 16.2 Å². The average Bonchev–Trinajstić information content (AvgIpc) is 3.17. The molecular weight excluding hydrogens is 309 g/mol. The van der Waals surface area contributed by atoms with Gasteiger partial charge in [-0.2, -0.15) is 0 Å². The van der Waals surface area contributed by atoms with E-state index in [0.29, 0.717) is 5.69 Å². The van der Waals surface area contributed by atoms with E-state index >= 15 is 0 Å². The highest BCUT2D eigenvalue weighted by Crippen LogP contribution is 2.28. The number of hydrogen-bond acceptors (Lipinski definition) is 4. The lowest BCUT2D eigenvalue weighted by Crippen LogP contribution is -2.39. The Morgan fingerprint density at radius 2 is 2.32 bits per heavy atom. The van der Waals surface area contributed by atoms with Crippen LogP contribution in [0, 0.1) is 6.92 Å². The van der Waals surface area contributed by atoms with Gasteiger partial charge in [-0.1, -0.05) is 0 Å². The number of nitrogens with one attached hydrogen (secondary N) is 1. The van der Waals surface area contributed by atoms with E-state index in [2.05, 4.69) is 9.97 Å². The molecule has 3 rings (SSSR count). The number of thiazole rings is 1. The summed E-state index contributed by atoms with van der Waals surface area (Å²) in [4.78, 5) is 31.6. The first-order valence-electron chi connectivity index (χ1n) is 6.71. The van der Waals surface area contributed by atoms with Gasteiger partial charge in [0.05, 0.1) is 17.2 Å². The lowest BCUT2D eigenvalue weighted by atomic mass is 10.1. The maximum Gasteiger partial charge on any atom is 0.343 e. The van der Waals surface area contributed by atoms with Gasteiger partial charge in [-0.15, -0.1) is 11.3 Å². The number of rotatable bonds is 3. The van der Waals surface area contributed by atoms with E-state index in [4.69, 9.17) is 5.11 Å². The Kier molecular flexibility index (Phi) is 3.48. The molecule has 1 atom stereocenters. The molecule has 1 unspecified atom stereocenters. The van der Waals surface area contributed by atoms with Crippen LogP contribution in [0.15, 0.2) is 17.6 Å². The van der Waals surface area contributed by atoms with Gasteiger partial charge >= 0.3 is 5.97 Å². The number of carboxylic acid groups (broad SMARTS) is 1. The molecule has 1 saturated heterocycles. The molecule has 2 aromatic heterocycles. The molecule has 2 aromatic rings. The van der Waals surface area contributed by atoms with Gasteiger partial charge in [0.15, 0.2) is 0 Å². The molecule has 0 spiro atoms. The van der Waals surface area contributed by atoms with Crippen LogP contribution in [0.5, 0.6) is 0 Å². The first-order valence-corrected chi connectivity index (χ1v) is 7.59. The summed E-state index contributed by atoms with van der Waals surface area (Å²) in [5, 5.41) is 11.7. The summed E-state index contributed by atoms with van der Waals surface area (Å²) < 4.78 is 14.0. The van der Waals surface area contributed by atoms with Crippen LogP contribution in [-0.4, -0.2) is 50.6 Å². The van der Waals surface area contributed by atoms with E-state index in [-0.39, 0.29) is 13.0 Å². The number of carboxylic acids is 1. The number of aromatic nitrogens is 2. The van der Waals surface area contributed by atoms with Crippen LogP contribution in [0.3, 0.4) is 0 Å². The molecule has 0 radical (unpaired) electrons. The predicted octanol–water partition coefficient (Wildman–Crippen LogP) is 2.09. The fourth-order valence-electron chi connectivity index (χ4n) is 2.45. The summed E-state index contributed by atoms with van der Waals surface area (Å²) in [6.07, 6.45) is 1.48. The number of carbonyl (C=O) groups excluding carboxylic acids is 1. The van der Waals surface area contributed by atoms with Crippen LogP contribution in [0.25, 0.3) is 11.3 Å². The smallest absolute Gasteiger partial charge is 0.343 e. The fourth-order valence-corrected chi connectivity index (χ4v) is 3.07. The van der Waals surface area contributed by atoms with Crippen LogP contribution in [0.2, 0.25) is 0 Å². The number of alkyl halides is 1. The first-order chi connectivity index (χ1) is 10.4. The SMILES string of the molecule is Cc1nc(-c2c[nH]c(C(=O)N3CCC(F)(C(=O)O)C3)c2)cs1. The molecule has 1 aliphatic heterocycles. The molecule has 22 heavy (non-hydrogen) atoms. The van der Waals surface area contributed by atoms with Gasteiger partial charge in [-0.05, 0) is 13.0 Å². The number of nitrogens with zero attached hydrogens (tertiary/aromatic N) is 2. The summed E-state index contributed by atoms with van der Waals surface area (Å²) in [7, 11) is 0. The van der Waals surface area contributed by atoms with Gasteiger partial charge in [-0.25, -0.2) is 14.2 Å². The van der Waals surface area contributed by atoms with Crippen LogP contribution in [-0.2, 0) is 4.79 Å².